The molecule has 214 valence electrons. The number of hydrogen-bond acceptors (Lipinski definition) is 6. The highest BCUT2D eigenvalue weighted by Gasteiger charge is 2.68. The Hall–Kier alpha value is -1.85. The zero-order valence-corrected chi connectivity index (χ0v) is 24.0. The third-order valence-electron chi connectivity index (χ3n) is 9.51. The predicted molar refractivity (Wildman–Crippen MR) is 146 cm³/mol. The zero-order valence-electron chi connectivity index (χ0n) is 24.0. The average Bonchev–Trinajstić information content (AvgIpc) is 3.52. The van der Waals surface area contributed by atoms with Gasteiger partial charge in [0, 0.05) is 20.2 Å². The molecule has 2 aliphatic heterocycles. The van der Waals surface area contributed by atoms with Crippen LogP contribution < -0.4 is 21.3 Å². The number of ether oxygens (including phenoxy) is 1. The van der Waals surface area contributed by atoms with E-state index in [4.69, 9.17) is 19.5 Å². The lowest BCUT2D eigenvalue weighted by atomic mass is 9.43. The maximum Gasteiger partial charge on any atom is 0.481 e. The molecule has 3 saturated carbocycles. The molecule has 5 fully saturated rings. The van der Waals surface area contributed by atoms with Crippen LogP contribution in [0.15, 0.2) is 0 Å². The second kappa shape index (κ2) is 11.7. The van der Waals surface area contributed by atoms with E-state index < -0.39 is 13.2 Å². The van der Waals surface area contributed by atoms with Crippen LogP contribution in [-0.4, -0.2) is 75.4 Å². The third-order valence-corrected chi connectivity index (χ3v) is 9.51. The average molecular weight is 534 g/mol. The molecule has 0 spiro atoms. The van der Waals surface area contributed by atoms with Gasteiger partial charge in [-0.15, -0.1) is 0 Å². The summed E-state index contributed by atoms with van der Waals surface area (Å²) in [5, 5.41) is 19.6. The Bertz CT molecular complexity index is 882. The van der Waals surface area contributed by atoms with Gasteiger partial charge in [-0.3, -0.25) is 15.0 Å². The summed E-state index contributed by atoms with van der Waals surface area (Å²) in [5.41, 5.74) is -0.0975. The highest BCUT2D eigenvalue weighted by Crippen LogP contribution is 2.65. The second-order valence-corrected chi connectivity index (χ2v) is 12.9. The van der Waals surface area contributed by atoms with Gasteiger partial charge < -0.3 is 35.3 Å². The first-order valence-electron chi connectivity index (χ1n) is 14.5. The zero-order chi connectivity index (χ0) is 27.7. The van der Waals surface area contributed by atoms with Crippen molar-refractivity contribution in [2.75, 3.05) is 26.8 Å². The van der Waals surface area contributed by atoms with Gasteiger partial charge in [-0.25, -0.2) is 0 Å². The fourth-order valence-corrected chi connectivity index (χ4v) is 7.01. The minimum absolute atomic E-state index is 0.0438. The summed E-state index contributed by atoms with van der Waals surface area (Å²) in [7, 11) is 1.17. The number of guanidine groups is 1. The predicted octanol–water partition coefficient (Wildman–Crippen LogP) is 1.83. The molecule has 0 aromatic carbocycles. The summed E-state index contributed by atoms with van der Waals surface area (Å²) in [5.74, 6) is 0.750. The van der Waals surface area contributed by atoms with Crippen LogP contribution >= 0.6 is 0 Å². The SMILES string of the molecule is CNC(=N)NCCC[C@H](NC(=O)C1CCOC1)C(=O)N[C@@H](CC(C)C)B1O[C@@H]2C[C@@H]3C[C@@H](C3(C)C)[C@]2(C)O1. The quantitative estimate of drug-likeness (QED) is 0.118. The fourth-order valence-electron chi connectivity index (χ4n) is 7.01. The summed E-state index contributed by atoms with van der Waals surface area (Å²) in [6.45, 7) is 12.6. The van der Waals surface area contributed by atoms with Crippen LogP contribution in [-0.2, 0) is 23.6 Å². The van der Waals surface area contributed by atoms with Gasteiger partial charge in [0.25, 0.3) is 0 Å². The molecule has 2 heterocycles. The lowest BCUT2D eigenvalue weighted by Gasteiger charge is -2.64. The molecule has 0 radical (unpaired) electrons. The molecule has 38 heavy (non-hydrogen) atoms. The number of rotatable bonds is 11. The van der Waals surface area contributed by atoms with Crippen molar-refractivity contribution < 1.29 is 23.6 Å². The number of amides is 2. The molecule has 5 N–H and O–H groups in total. The first kappa shape index (κ1) is 29.1. The van der Waals surface area contributed by atoms with Crippen molar-refractivity contribution in [1.82, 2.24) is 21.3 Å². The van der Waals surface area contributed by atoms with Crippen LogP contribution in [0.3, 0.4) is 0 Å². The number of carbonyl (C=O) groups excluding carboxylic acids is 2. The molecule has 5 rings (SSSR count). The standard InChI is InChI=1S/C27H48BN5O5/c1-16(2)12-22(28-37-21-14-18-13-20(26(18,3)4)27(21,5)38-28)33-24(35)19(8-7-10-31-25(29)30-6)32-23(34)17-9-11-36-15-17/h16-22H,7-15H2,1-6H3,(H,32,34)(H,33,35)(H3,29,30,31)/t17?,18-,19-,20-,21+,22-,27-/m0/s1. The smallest absolute Gasteiger partial charge is 0.404 e. The van der Waals surface area contributed by atoms with Gasteiger partial charge in [-0.05, 0) is 68.6 Å². The van der Waals surface area contributed by atoms with Crippen LogP contribution in [0.4, 0.5) is 0 Å². The minimum Gasteiger partial charge on any atom is -0.404 e. The normalized spacial score (nSPS) is 32.7. The van der Waals surface area contributed by atoms with Gasteiger partial charge in [0.2, 0.25) is 11.8 Å². The van der Waals surface area contributed by atoms with Gasteiger partial charge in [-0.2, -0.15) is 0 Å². The van der Waals surface area contributed by atoms with Crippen molar-refractivity contribution in [1.29, 1.82) is 5.41 Å². The van der Waals surface area contributed by atoms with Crippen LogP contribution in [0.2, 0.25) is 0 Å². The highest BCUT2D eigenvalue weighted by molar-refractivity contribution is 6.48. The molecule has 11 heteroatoms. The summed E-state index contributed by atoms with van der Waals surface area (Å²) >= 11 is 0. The number of hydrogen-bond donors (Lipinski definition) is 5. The topological polar surface area (TPSA) is 134 Å². The minimum atomic E-state index is -0.686. The van der Waals surface area contributed by atoms with E-state index in [1.54, 1.807) is 7.05 Å². The van der Waals surface area contributed by atoms with E-state index in [0.717, 1.165) is 6.42 Å². The monoisotopic (exact) mass is 533 g/mol. The fraction of sp³-hybridized carbons (Fsp3) is 0.889. The Morgan fingerprint density at radius 2 is 1.92 bits per heavy atom. The second-order valence-electron chi connectivity index (χ2n) is 12.9. The third kappa shape index (κ3) is 5.99. The summed E-state index contributed by atoms with van der Waals surface area (Å²) < 4.78 is 18.6. The number of nitrogens with one attached hydrogen (secondary N) is 5. The van der Waals surface area contributed by atoms with Crippen LogP contribution in [0.25, 0.3) is 0 Å². The molecule has 3 aliphatic carbocycles. The first-order valence-corrected chi connectivity index (χ1v) is 14.5. The highest BCUT2D eigenvalue weighted by atomic mass is 16.7. The summed E-state index contributed by atoms with van der Waals surface area (Å²) in [6, 6.07) is -0.686. The van der Waals surface area contributed by atoms with Crippen LogP contribution in [0, 0.1) is 34.5 Å². The van der Waals surface area contributed by atoms with Gasteiger partial charge in [0.1, 0.15) is 6.04 Å². The maximum atomic E-state index is 13.7. The van der Waals surface area contributed by atoms with Crippen molar-refractivity contribution in [3.05, 3.63) is 0 Å². The van der Waals surface area contributed by atoms with Crippen molar-refractivity contribution in [3.63, 3.8) is 0 Å². The lowest BCUT2D eigenvalue weighted by molar-refractivity contribution is -0.199. The van der Waals surface area contributed by atoms with Crippen LogP contribution in [0.5, 0.6) is 0 Å². The van der Waals surface area contributed by atoms with Gasteiger partial charge >= 0.3 is 7.12 Å². The van der Waals surface area contributed by atoms with Gasteiger partial charge in [-0.1, -0.05) is 27.7 Å². The molecule has 2 bridgehead atoms. The van der Waals surface area contributed by atoms with Crippen molar-refractivity contribution in [2.24, 2.45) is 29.1 Å². The largest absolute Gasteiger partial charge is 0.481 e. The Morgan fingerprint density at radius 3 is 2.55 bits per heavy atom. The van der Waals surface area contributed by atoms with E-state index in [2.05, 4.69) is 55.9 Å². The number of carbonyl (C=O) groups is 2. The van der Waals surface area contributed by atoms with Crippen molar-refractivity contribution in [2.45, 2.75) is 96.8 Å². The maximum absolute atomic E-state index is 13.7. The molecule has 7 atom stereocenters. The van der Waals surface area contributed by atoms with E-state index in [1.165, 1.54) is 6.42 Å². The molecule has 5 aliphatic rings. The van der Waals surface area contributed by atoms with E-state index in [9.17, 15) is 9.59 Å². The molecule has 2 amide bonds. The Kier molecular flexibility index (Phi) is 8.99. The Balaban J connectivity index is 1.43. The molecular weight excluding hydrogens is 485 g/mol. The summed E-state index contributed by atoms with van der Waals surface area (Å²) in [6.07, 6.45) is 4.67. The van der Waals surface area contributed by atoms with Crippen LogP contribution in [0.1, 0.15) is 73.1 Å². The van der Waals surface area contributed by atoms with E-state index in [-0.39, 0.29) is 46.8 Å². The Labute approximate surface area is 228 Å². The molecular formula is C27H48BN5O5. The van der Waals surface area contributed by atoms with Crippen molar-refractivity contribution in [3.8, 4) is 0 Å². The lowest BCUT2D eigenvalue weighted by Crippen LogP contribution is -2.65. The van der Waals surface area contributed by atoms with Gasteiger partial charge in [0.05, 0.1) is 30.2 Å². The first-order chi connectivity index (χ1) is 18.0. The van der Waals surface area contributed by atoms with E-state index >= 15 is 0 Å². The molecule has 2 saturated heterocycles. The van der Waals surface area contributed by atoms with Crippen molar-refractivity contribution >= 4 is 24.9 Å². The molecule has 10 nitrogen and oxygen atoms in total. The Morgan fingerprint density at radius 1 is 1.16 bits per heavy atom. The molecule has 0 aromatic heterocycles. The van der Waals surface area contributed by atoms with E-state index in [1.807, 2.05) is 0 Å². The summed E-state index contributed by atoms with van der Waals surface area (Å²) in [4.78, 5) is 26.6. The van der Waals surface area contributed by atoms with Gasteiger partial charge in [0.15, 0.2) is 5.96 Å². The molecule has 0 aromatic rings. The van der Waals surface area contributed by atoms with E-state index in [0.29, 0.717) is 63.2 Å². The molecule has 1 unspecified atom stereocenters.